The van der Waals surface area contributed by atoms with Gasteiger partial charge in [0.15, 0.2) is 0 Å². The fraction of sp³-hybridized carbons (Fsp3) is 0.500. The van der Waals surface area contributed by atoms with Crippen molar-refractivity contribution >= 4 is 17.3 Å². The first-order chi connectivity index (χ1) is 10.0. The highest BCUT2D eigenvalue weighted by Gasteiger charge is 2.25. The Morgan fingerprint density at radius 2 is 2.10 bits per heavy atom. The minimum absolute atomic E-state index is 0.00917. The fourth-order valence-electron chi connectivity index (χ4n) is 2.74. The van der Waals surface area contributed by atoms with Crippen LogP contribution >= 0.6 is 0 Å². The van der Waals surface area contributed by atoms with Crippen LogP contribution in [0.15, 0.2) is 18.2 Å². The smallest absolute Gasteiger partial charge is 0.292 e. The molecule has 0 atom stereocenters. The van der Waals surface area contributed by atoms with E-state index in [1.54, 1.807) is 12.1 Å². The Morgan fingerprint density at radius 1 is 1.43 bits per heavy atom. The van der Waals surface area contributed by atoms with E-state index in [1.165, 1.54) is 6.07 Å². The number of benzene rings is 1. The van der Waals surface area contributed by atoms with Gasteiger partial charge in [-0.15, -0.1) is 0 Å². The van der Waals surface area contributed by atoms with Gasteiger partial charge in [0.1, 0.15) is 5.69 Å². The fourth-order valence-corrected chi connectivity index (χ4v) is 2.74. The van der Waals surface area contributed by atoms with Crippen LogP contribution in [0.1, 0.15) is 24.8 Å². The number of hydrogen-bond acceptors (Lipinski definition) is 5. The molecule has 0 unspecified atom stereocenters. The van der Waals surface area contributed by atoms with Gasteiger partial charge in [0.25, 0.3) is 5.69 Å². The van der Waals surface area contributed by atoms with Crippen molar-refractivity contribution in [3.63, 3.8) is 0 Å². The van der Waals surface area contributed by atoms with Crippen LogP contribution in [0.2, 0.25) is 0 Å². The van der Waals surface area contributed by atoms with E-state index >= 15 is 0 Å². The van der Waals surface area contributed by atoms with Gasteiger partial charge in [-0.25, -0.2) is 0 Å². The molecule has 1 aromatic carbocycles. The molecular weight excluding hydrogens is 274 g/mol. The summed E-state index contributed by atoms with van der Waals surface area (Å²) in [5, 5.41) is 20.3. The predicted molar refractivity (Wildman–Crippen MR) is 77.8 cm³/mol. The molecule has 0 aromatic heterocycles. The Morgan fingerprint density at radius 3 is 2.62 bits per heavy atom. The molecule has 0 saturated carbocycles. The van der Waals surface area contributed by atoms with Crippen LogP contribution in [0, 0.1) is 16.0 Å². The molecule has 2 rings (SSSR count). The lowest BCUT2D eigenvalue weighted by Gasteiger charge is -2.32. The van der Waals surface area contributed by atoms with Gasteiger partial charge in [0, 0.05) is 25.6 Å². The summed E-state index contributed by atoms with van der Waals surface area (Å²) in [7, 11) is 0. The van der Waals surface area contributed by atoms with Gasteiger partial charge in [-0.2, -0.15) is 0 Å². The number of aliphatic hydroxyl groups excluding tert-OH is 1. The molecule has 0 aliphatic carbocycles. The summed E-state index contributed by atoms with van der Waals surface area (Å²) in [4.78, 5) is 23.6. The normalized spacial score (nSPS) is 16.0. The first-order valence-electron chi connectivity index (χ1n) is 6.92. The van der Waals surface area contributed by atoms with E-state index in [0.29, 0.717) is 30.8 Å². The van der Waals surface area contributed by atoms with E-state index in [2.05, 4.69) is 0 Å². The quantitative estimate of drug-likeness (QED) is 0.625. The van der Waals surface area contributed by atoms with Crippen molar-refractivity contribution in [2.45, 2.75) is 25.9 Å². The number of nitrogens with zero attached hydrogens (tertiary/aromatic N) is 2. The van der Waals surface area contributed by atoms with Crippen molar-refractivity contribution in [2.75, 3.05) is 18.0 Å². The molecule has 1 aromatic rings. The summed E-state index contributed by atoms with van der Waals surface area (Å²) in [5.41, 5.74) is 6.30. The van der Waals surface area contributed by atoms with Crippen molar-refractivity contribution in [2.24, 2.45) is 11.7 Å². The van der Waals surface area contributed by atoms with Crippen molar-refractivity contribution < 1.29 is 14.8 Å². The number of nitrogens with two attached hydrogens (primary N) is 1. The molecule has 1 aliphatic heterocycles. The van der Waals surface area contributed by atoms with Crippen LogP contribution in [0.3, 0.4) is 0 Å². The maximum atomic E-state index is 11.2. The lowest BCUT2D eigenvalue weighted by atomic mass is 9.93. The zero-order valence-corrected chi connectivity index (χ0v) is 11.7. The van der Waals surface area contributed by atoms with Crippen LogP contribution in [-0.4, -0.2) is 29.0 Å². The third kappa shape index (κ3) is 3.69. The average Bonchev–Trinajstić information content (AvgIpc) is 2.47. The number of primary amides is 1. The third-order valence-corrected chi connectivity index (χ3v) is 3.86. The van der Waals surface area contributed by atoms with Crippen molar-refractivity contribution in [1.82, 2.24) is 0 Å². The molecular formula is C14H19N3O4. The number of nitro benzene ring substituents is 1. The molecule has 7 heteroatoms. The van der Waals surface area contributed by atoms with Gasteiger partial charge in [0.05, 0.1) is 11.5 Å². The Balaban J connectivity index is 2.12. The molecule has 0 radical (unpaired) electrons. The van der Waals surface area contributed by atoms with Gasteiger partial charge >= 0.3 is 0 Å². The predicted octanol–water partition coefficient (Wildman–Crippen LogP) is 1.18. The molecule has 21 heavy (non-hydrogen) atoms. The van der Waals surface area contributed by atoms with Crippen molar-refractivity contribution in [1.29, 1.82) is 0 Å². The molecule has 1 amide bonds. The van der Waals surface area contributed by atoms with E-state index in [4.69, 9.17) is 10.8 Å². The summed E-state index contributed by atoms with van der Waals surface area (Å²) in [6, 6.07) is 4.78. The van der Waals surface area contributed by atoms with Gasteiger partial charge < -0.3 is 15.7 Å². The monoisotopic (exact) mass is 293 g/mol. The number of piperidine rings is 1. The van der Waals surface area contributed by atoms with Crippen molar-refractivity contribution in [3.8, 4) is 0 Å². The minimum Gasteiger partial charge on any atom is -0.392 e. The van der Waals surface area contributed by atoms with Gasteiger partial charge in [-0.05, 0) is 30.4 Å². The molecule has 3 N–H and O–H groups in total. The van der Waals surface area contributed by atoms with Crippen LogP contribution in [0.4, 0.5) is 11.4 Å². The summed E-state index contributed by atoms with van der Waals surface area (Å²) < 4.78 is 0. The number of hydrogen-bond donors (Lipinski definition) is 2. The number of carbonyl (C=O) groups is 1. The van der Waals surface area contributed by atoms with E-state index in [1.807, 2.05) is 4.90 Å². The number of amides is 1. The lowest BCUT2D eigenvalue weighted by Crippen LogP contribution is -2.35. The zero-order chi connectivity index (χ0) is 15.4. The Hall–Kier alpha value is -2.15. The highest BCUT2D eigenvalue weighted by molar-refractivity contribution is 5.74. The second-order valence-corrected chi connectivity index (χ2v) is 5.34. The van der Waals surface area contributed by atoms with Gasteiger partial charge in [-0.3, -0.25) is 14.9 Å². The highest BCUT2D eigenvalue weighted by Crippen LogP contribution is 2.32. The first-order valence-corrected chi connectivity index (χ1v) is 6.92. The molecule has 114 valence electrons. The molecule has 1 aliphatic rings. The van der Waals surface area contributed by atoms with Gasteiger partial charge in [0.2, 0.25) is 5.91 Å². The molecule has 7 nitrogen and oxygen atoms in total. The van der Waals surface area contributed by atoms with Crippen LogP contribution in [0.5, 0.6) is 0 Å². The Labute approximate surface area is 122 Å². The van der Waals surface area contributed by atoms with Crippen molar-refractivity contribution in [3.05, 3.63) is 33.9 Å². The lowest BCUT2D eigenvalue weighted by molar-refractivity contribution is -0.384. The van der Waals surface area contributed by atoms with E-state index in [9.17, 15) is 14.9 Å². The molecule has 1 heterocycles. The SMILES string of the molecule is NC(=O)CC1CCN(c2ccc(CO)cc2[N+](=O)[O-])CC1. The molecule has 1 saturated heterocycles. The number of nitro groups is 1. The molecule has 1 fully saturated rings. The Kier molecular flexibility index (Phi) is 4.74. The minimum atomic E-state index is -0.427. The summed E-state index contributed by atoms with van der Waals surface area (Å²) in [6.07, 6.45) is 1.96. The van der Waals surface area contributed by atoms with E-state index in [0.717, 1.165) is 12.8 Å². The zero-order valence-electron chi connectivity index (χ0n) is 11.7. The summed E-state index contributed by atoms with van der Waals surface area (Å²) >= 11 is 0. The average molecular weight is 293 g/mol. The highest BCUT2D eigenvalue weighted by atomic mass is 16.6. The largest absolute Gasteiger partial charge is 0.392 e. The third-order valence-electron chi connectivity index (χ3n) is 3.86. The Bertz CT molecular complexity index is 539. The topological polar surface area (TPSA) is 110 Å². The standard InChI is InChI=1S/C14H19N3O4/c15-14(19)8-10-3-5-16(6-4-10)12-2-1-11(9-18)7-13(12)17(20)21/h1-2,7,10,18H,3-6,8-9H2,(H2,15,19). The number of carbonyl (C=O) groups excluding carboxylic acids is 1. The maximum absolute atomic E-state index is 11.2. The number of aliphatic hydroxyl groups is 1. The second kappa shape index (κ2) is 6.53. The number of anilines is 1. The summed E-state index contributed by atoms with van der Waals surface area (Å²) in [6.45, 7) is 1.11. The second-order valence-electron chi connectivity index (χ2n) is 5.34. The first kappa shape index (κ1) is 15.2. The molecule has 0 spiro atoms. The number of rotatable bonds is 5. The van der Waals surface area contributed by atoms with Crippen LogP contribution in [-0.2, 0) is 11.4 Å². The van der Waals surface area contributed by atoms with Crippen LogP contribution < -0.4 is 10.6 Å². The van der Waals surface area contributed by atoms with E-state index < -0.39 is 4.92 Å². The van der Waals surface area contributed by atoms with Crippen LogP contribution in [0.25, 0.3) is 0 Å². The van der Waals surface area contributed by atoms with Gasteiger partial charge in [-0.1, -0.05) is 6.07 Å². The van der Waals surface area contributed by atoms with E-state index in [-0.39, 0.29) is 24.1 Å². The molecule has 0 bridgehead atoms. The summed E-state index contributed by atoms with van der Waals surface area (Å²) in [5.74, 6) is -0.0405. The maximum Gasteiger partial charge on any atom is 0.292 e.